The number of benzene rings is 3. The Hall–Kier alpha value is -2.94. The van der Waals surface area contributed by atoms with E-state index in [9.17, 15) is 15.3 Å². The van der Waals surface area contributed by atoms with Crippen LogP contribution in [0.25, 0.3) is 22.3 Å². The van der Waals surface area contributed by atoms with Gasteiger partial charge >= 0.3 is 0 Å². The second-order valence-electron chi connectivity index (χ2n) is 10.8. The molecule has 36 heavy (non-hydrogen) atoms. The Balaban J connectivity index is 0.00000304. The van der Waals surface area contributed by atoms with Crippen LogP contribution in [0.5, 0.6) is 17.2 Å². The van der Waals surface area contributed by atoms with Gasteiger partial charge in [-0.15, -0.1) is 0 Å². The number of aromatic hydroxyl groups is 3. The maximum absolute atomic E-state index is 11.2. The van der Waals surface area contributed by atoms with E-state index < -0.39 is 0 Å². The van der Waals surface area contributed by atoms with Gasteiger partial charge in [0.25, 0.3) is 0 Å². The molecule has 3 heteroatoms. The molecule has 0 aliphatic heterocycles. The maximum Gasteiger partial charge on any atom is 0.124 e. The van der Waals surface area contributed by atoms with Crippen LogP contribution < -0.4 is 0 Å². The van der Waals surface area contributed by atoms with Crippen molar-refractivity contribution in [1.29, 1.82) is 0 Å². The minimum atomic E-state index is 0. The summed E-state index contributed by atoms with van der Waals surface area (Å²) < 4.78 is 0. The zero-order valence-electron chi connectivity index (χ0n) is 21.1. The lowest BCUT2D eigenvalue weighted by atomic mass is 9.80. The Morgan fingerprint density at radius 3 is 1.56 bits per heavy atom. The maximum atomic E-state index is 11.2. The van der Waals surface area contributed by atoms with E-state index in [1.807, 2.05) is 32.0 Å². The summed E-state index contributed by atoms with van der Waals surface area (Å²) in [6.45, 7) is 4.04. The van der Waals surface area contributed by atoms with E-state index in [4.69, 9.17) is 0 Å². The molecule has 0 radical (unpaired) electrons. The summed E-state index contributed by atoms with van der Waals surface area (Å²) in [5.74, 6) is 1.76. The van der Waals surface area contributed by atoms with Crippen molar-refractivity contribution in [2.45, 2.75) is 97.3 Å². The monoisotopic (exact) mass is 486 g/mol. The van der Waals surface area contributed by atoms with Gasteiger partial charge in [-0.3, -0.25) is 0 Å². The minimum Gasteiger partial charge on any atom is -0.508 e. The molecule has 2 fully saturated rings. The zero-order chi connectivity index (χ0) is 24.5. The molecule has 0 aromatic heterocycles. The van der Waals surface area contributed by atoms with E-state index in [0.717, 1.165) is 70.2 Å². The first kappa shape index (κ1) is 26.1. The molecule has 192 valence electrons. The molecule has 3 N–H and O–H groups in total. The first-order chi connectivity index (χ1) is 16.9. The van der Waals surface area contributed by atoms with Gasteiger partial charge in [0.05, 0.1) is 0 Å². The summed E-state index contributed by atoms with van der Waals surface area (Å²) in [6.07, 6.45) is 11.8. The molecule has 3 nitrogen and oxygen atoms in total. The molecular weight excluding hydrogens is 444 g/mol. The van der Waals surface area contributed by atoms with Crippen LogP contribution in [0.15, 0.2) is 42.5 Å². The normalized spacial score (nSPS) is 17.1. The average Bonchev–Trinajstić information content (AvgIpc) is 2.86. The molecule has 2 aliphatic carbocycles. The molecule has 2 saturated carbocycles. The second-order valence-corrected chi connectivity index (χ2v) is 10.8. The first-order valence-electron chi connectivity index (χ1n) is 13.4. The summed E-state index contributed by atoms with van der Waals surface area (Å²) in [5.41, 5.74) is 7.80. The third-order valence-corrected chi connectivity index (χ3v) is 8.44. The van der Waals surface area contributed by atoms with Crippen LogP contribution in [0.2, 0.25) is 0 Å². The van der Waals surface area contributed by atoms with Gasteiger partial charge in [-0.1, -0.05) is 58.1 Å². The number of phenols is 3. The lowest BCUT2D eigenvalue weighted by molar-refractivity contribution is 0.414. The number of aryl methyl sites for hydroxylation is 2. The van der Waals surface area contributed by atoms with Crippen molar-refractivity contribution < 1.29 is 15.3 Å². The van der Waals surface area contributed by atoms with Crippen LogP contribution >= 0.6 is 0 Å². The summed E-state index contributed by atoms with van der Waals surface area (Å²) in [6, 6.07) is 13.8. The average molecular weight is 487 g/mol. The van der Waals surface area contributed by atoms with Crippen LogP contribution in [0, 0.1) is 13.8 Å². The lowest BCUT2D eigenvalue weighted by Crippen LogP contribution is -2.06. The highest BCUT2D eigenvalue weighted by molar-refractivity contribution is 5.90. The number of rotatable bonds is 4. The summed E-state index contributed by atoms with van der Waals surface area (Å²) >= 11 is 0. The summed E-state index contributed by atoms with van der Waals surface area (Å²) in [7, 11) is 0. The smallest absolute Gasteiger partial charge is 0.124 e. The van der Waals surface area contributed by atoms with Gasteiger partial charge in [-0.05, 0) is 121 Å². The van der Waals surface area contributed by atoms with Crippen LogP contribution in [-0.4, -0.2) is 15.3 Å². The highest BCUT2D eigenvalue weighted by Gasteiger charge is 2.24. The molecule has 5 rings (SSSR count). The van der Waals surface area contributed by atoms with Crippen molar-refractivity contribution in [2.75, 3.05) is 0 Å². The second kappa shape index (κ2) is 11.0. The van der Waals surface area contributed by atoms with Crippen LogP contribution in [-0.2, 0) is 0 Å². The van der Waals surface area contributed by atoms with Crippen molar-refractivity contribution in [3.8, 4) is 39.5 Å². The fraction of sp³-hybridized carbons (Fsp3) is 0.455. The van der Waals surface area contributed by atoms with E-state index in [1.165, 1.54) is 38.5 Å². The standard InChI is InChI=1S/C32H38O3.CH4/c1-20-16-30(34)27(22-10-5-3-6-11-22)18-25(20)24-14-9-15-29(33)32(24)26-19-28(31(35)17-21(26)2)23-12-7-4-8-13-23;/h9,14-19,22-23,33-35H,3-8,10-13H2,1-2H3;1H4. The molecule has 0 atom stereocenters. The third-order valence-electron chi connectivity index (χ3n) is 8.44. The Morgan fingerprint density at radius 2 is 1.03 bits per heavy atom. The molecule has 0 saturated heterocycles. The van der Waals surface area contributed by atoms with Crippen molar-refractivity contribution in [2.24, 2.45) is 0 Å². The fourth-order valence-electron chi connectivity index (χ4n) is 6.51. The van der Waals surface area contributed by atoms with Crippen LogP contribution in [0.4, 0.5) is 0 Å². The Labute approximate surface area is 216 Å². The molecule has 3 aromatic carbocycles. The van der Waals surface area contributed by atoms with E-state index in [1.54, 1.807) is 6.07 Å². The largest absolute Gasteiger partial charge is 0.508 e. The zero-order valence-corrected chi connectivity index (χ0v) is 21.1. The highest BCUT2D eigenvalue weighted by Crippen LogP contribution is 2.47. The van der Waals surface area contributed by atoms with Gasteiger partial charge < -0.3 is 15.3 Å². The van der Waals surface area contributed by atoms with Crippen molar-refractivity contribution in [3.05, 3.63) is 64.7 Å². The van der Waals surface area contributed by atoms with Crippen LogP contribution in [0.1, 0.15) is 106 Å². The molecule has 2 aliphatic rings. The predicted octanol–water partition coefficient (Wildman–Crippen LogP) is 9.49. The Kier molecular flexibility index (Phi) is 7.97. The lowest BCUT2D eigenvalue weighted by Gasteiger charge is -2.26. The van der Waals surface area contributed by atoms with E-state index >= 15 is 0 Å². The number of hydrogen-bond acceptors (Lipinski definition) is 3. The van der Waals surface area contributed by atoms with E-state index in [2.05, 4.69) is 18.2 Å². The fourth-order valence-corrected chi connectivity index (χ4v) is 6.51. The van der Waals surface area contributed by atoms with E-state index in [-0.39, 0.29) is 13.2 Å². The Bertz CT molecular complexity index is 1210. The van der Waals surface area contributed by atoms with Gasteiger partial charge in [0.2, 0.25) is 0 Å². The van der Waals surface area contributed by atoms with Crippen molar-refractivity contribution in [1.82, 2.24) is 0 Å². The van der Waals surface area contributed by atoms with Crippen LogP contribution in [0.3, 0.4) is 0 Å². The van der Waals surface area contributed by atoms with Gasteiger partial charge in [-0.25, -0.2) is 0 Å². The van der Waals surface area contributed by atoms with Gasteiger partial charge in [0, 0.05) is 5.56 Å². The first-order valence-corrected chi connectivity index (χ1v) is 13.4. The molecule has 0 unspecified atom stereocenters. The van der Waals surface area contributed by atoms with Crippen molar-refractivity contribution in [3.63, 3.8) is 0 Å². The van der Waals surface area contributed by atoms with Crippen molar-refractivity contribution >= 4 is 0 Å². The topological polar surface area (TPSA) is 60.7 Å². The number of hydrogen-bond donors (Lipinski definition) is 3. The molecular formula is C33H42O3. The summed E-state index contributed by atoms with van der Waals surface area (Å²) in [5, 5.41) is 32.8. The van der Waals surface area contributed by atoms with Gasteiger partial charge in [-0.2, -0.15) is 0 Å². The molecule has 3 aromatic rings. The van der Waals surface area contributed by atoms with E-state index in [0.29, 0.717) is 23.3 Å². The van der Waals surface area contributed by atoms with Gasteiger partial charge in [0.15, 0.2) is 0 Å². The molecule has 0 heterocycles. The molecule has 0 spiro atoms. The van der Waals surface area contributed by atoms with Gasteiger partial charge in [0.1, 0.15) is 17.2 Å². The molecule has 0 bridgehead atoms. The number of phenolic OH excluding ortho intramolecular Hbond substituents is 3. The highest BCUT2D eigenvalue weighted by atomic mass is 16.3. The molecule has 0 amide bonds. The summed E-state index contributed by atoms with van der Waals surface area (Å²) in [4.78, 5) is 0. The third kappa shape index (κ3) is 4.98. The SMILES string of the molecule is C.Cc1cc(O)c(C2CCCCC2)cc1-c1cccc(O)c1-c1cc(C2CCCCC2)c(O)cc1C. The minimum absolute atomic E-state index is 0. The Morgan fingerprint density at radius 1 is 0.556 bits per heavy atom. The quantitative estimate of drug-likeness (QED) is 0.344. The predicted molar refractivity (Wildman–Crippen MR) is 150 cm³/mol.